The molecule has 35 heavy (non-hydrogen) atoms. The smallest absolute Gasteiger partial charge is 0.309 e. The number of anilines is 1. The molecule has 0 atom stereocenters. The lowest BCUT2D eigenvalue weighted by Crippen LogP contribution is -2.49. The minimum Gasteiger partial charge on any atom is -0.481 e. The fraction of sp³-hybridized carbons (Fsp3) is 0.308. The maximum Gasteiger partial charge on any atom is 0.309 e. The van der Waals surface area contributed by atoms with Gasteiger partial charge in [0.1, 0.15) is 11.4 Å². The Morgan fingerprint density at radius 1 is 1.14 bits per heavy atom. The van der Waals surface area contributed by atoms with E-state index in [1.54, 1.807) is 6.20 Å². The number of aliphatic carboxylic acids is 1. The normalized spacial score (nSPS) is 14.1. The zero-order valence-electron chi connectivity index (χ0n) is 19.6. The zero-order valence-corrected chi connectivity index (χ0v) is 19.6. The molecule has 5 rings (SSSR count). The van der Waals surface area contributed by atoms with E-state index < -0.39 is 5.97 Å². The number of hydrogen-bond acceptors (Lipinski definition) is 7. The van der Waals surface area contributed by atoms with Gasteiger partial charge in [-0.2, -0.15) is 10.1 Å². The first-order valence-corrected chi connectivity index (χ1v) is 11.9. The highest BCUT2D eigenvalue weighted by molar-refractivity contribution is 5.72. The van der Waals surface area contributed by atoms with Gasteiger partial charge >= 0.3 is 5.97 Å². The van der Waals surface area contributed by atoms with E-state index in [1.807, 2.05) is 59.3 Å². The Morgan fingerprint density at radius 2 is 1.91 bits per heavy atom. The van der Waals surface area contributed by atoms with Gasteiger partial charge in [-0.15, -0.1) is 0 Å². The summed E-state index contributed by atoms with van der Waals surface area (Å²) >= 11 is 0. The van der Waals surface area contributed by atoms with Crippen LogP contribution in [0.2, 0.25) is 0 Å². The number of nitrogens with zero attached hydrogens (tertiary/aromatic N) is 5. The van der Waals surface area contributed by atoms with Crippen LogP contribution in [-0.4, -0.2) is 55.5 Å². The molecule has 1 aliphatic rings. The number of likely N-dealkylation sites (tertiary alicyclic amines) is 1. The van der Waals surface area contributed by atoms with Crippen molar-refractivity contribution in [1.29, 1.82) is 0 Å². The SMILES string of the molecule is CCCCNc1c(-c2nc(-c3ccc(CN4CC(C(=O)O)C4)cc3)no2)cnn1-c1ccccc1. The maximum atomic E-state index is 11.0. The molecule has 9 nitrogen and oxygen atoms in total. The molecule has 4 aromatic rings. The van der Waals surface area contributed by atoms with E-state index in [2.05, 4.69) is 32.4 Å². The quantitative estimate of drug-likeness (QED) is 0.329. The minimum atomic E-state index is -0.720. The summed E-state index contributed by atoms with van der Waals surface area (Å²) in [5, 5.41) is 21.3. The van der Waals surface area contributed by atoms with Crippen LogP contribution in [0.15, 0.2) is 65.3 Å². The molecular formula is C26H28N6O3. The number of aromatic nitrogens is 4. The van der Waals surface area contributed by atoms with Crippen LogP contribution in [0.3, 0.4) is 0 Å². The Morgan fingerprint density at radius 3 is 2.63 bits per heavy atom. The molecule has 180 valence electrons. The molecule has 3 heterocycles. The molecule has 1 fully saturated rings. The molecule has 0 aliphatic carbocycles. The second kappa shape index (κ2) is 10.1. The van der Waals surface area contributed by atoms with Crippen LogP contribution in [-0.2, 0) is 11.3 Å². The summed E-state index contributed by atoms with van der Waals surface area (Å²) in [5.41, 5.74) is 3.68. The van der Waals surface area contributed by atoms with Crippen molar-refractivity contribution in [3.05, 3.63) is 66.4 Å². The highest BCUT2D eigenvalue weighted by Gasteiger charge is 2.32. The van der Waals surface area contributed by atoms with Crippen molar-refractivity contribution in [2.75, 3.05) is 25.0 Å². The number of carboxylic acids is 1. The van der Waals surface area contributed by atoms with Crippen LogP contribution in [0.25, 0.3) is 28.5 Å². The van der Waals surface area contributed by atoms with Gasteiger partial charge in [-0.05, 0) is 24.1 Å². The Labute approximate surface area is 203 Å². The van der Waals surface area contributed by atoms with E-state index >= 15 is 0 Å². The van der Waals surface area contributed by atoms with Crippen molar-refractivity contribution in [2.24, 2.45) is 5.92 Å². The van der Waals surface area contributed by atoms with Gasteiger partial charge < -0.3 is 14.9 Å². The van der Waals surface area contributed by atoms with Gasteiger partial charge in [0.25, 0.3) is 5.89 Å². The van der Waals surface area contributed by atoms with Crippen molar-refractivity contribution in [3.63, 3.8) is 0 Å². The average molecular weight is 473 g/mol. The third-order valence-corrected chi connectivity index (χ3v) is 6.17. The maximum absolute atomic E-state index is 11.0. The number of nitrogens with one attached hydrogen (secondary N) is 1. The van der Waals surface area contributed by atoms with Crippen LogP contribution < -0.4 is 5.32 Å². The van der Waals surface area contributed by atoms with Crippen molar-refractivity contribution in [3.8, 4) is 28.5 Å². The van der Waals surface area contributed by atoms with Gasteiger partial charge in [-0.3, -0.25) is 9.69 Å². The fourth-order valence-electron chi connectivity index (χ4n) is 4.15. The molecule has 2 aromatic heterocycles. The summed E-state index contributed by atoms with van der Waals surface area (Å²) in [6.07, 6.45) is 3.87. The van der Waals surface area contributed by atoms with Gasteiger partial charge in [-0.1, -0.05) is 61.0 Å². The first kappa shape index (κ1) is 22.8. The molecule has 9 heteroatoms. The summed E-state index contributed by atoms with van der Waals surface area (Å²) in [4.78, 5) is 17.8. The number of carboxylic acid groups (broad SMARTS) is 1. The molecule has 1 saturated heterocycles. The van der Waals surface area contributed by atoms with E-state index in [1.165, 1.54) is 0 Å². The molecule has 0 saturated carbocycles. The summed E-state index contributed by atoms with van der Waals surface area (Å²) in [7, 11) is 0. The highest BCUT2D eigenvalue weighted by atomic mass is 16.5. The van der Waals surface area contributed by atoms with E-state index in [9.17, 15) is 4.79 Å². The Bertz CT molecular complexity index is 1280. The Hall–Kier alpha value is -3.98. The molecule has 0 unspecified atom stereocenters. The topological polar surface area (TPSA) is 109 Å². The molecular weight excluding hydrogens is 444 g/mol. The largest absolute Gasteiger partial charge is 0.481 e. The Balaban J connectivity index is 1.33. The van der Waals surface area contributed by atoms with Crippen LogP contribution in [0.5, 0.6) is 0 Å². The fourth-order valence-corrected chi connectivity index (χ4v) is 4.15. The molecule has 0 bridgehead atoms. The number of unbranched alkanes of at least 4 members (excludes halogenated alkanes) is 1. The molecule has 2 aromatic carbocycles. The Kier molecular flexibility index (Phi) is 6.58. The first-order valence-electron chi connectivity index (χ1n) is 11.9. The number of hydrogen-bond donors (Lipinski definition) is 2. The van der Waals surface area contributed by atoms with E-state index in [4.69, 9.17) is 9.63 Å². The average Bonchev–Trinajstić information content (AvgIpc) is 3.49. The molecule has 0 radical (unpaired) electrons. The van der Waals surface area contributed by atoms with Crippen molar-refractivity contribution in [2.45, 2.75) is 26.3 Å². The lowest BCUT2D eigenvalue weighted by atomic mass is 9.99. The van der Waals surface area contributed by atoms with Gasteiger partial charge in [-0.25, -0.2) is 4.68 Å². The molecule has 0 spiro atoms. The lowest BCUT2D eigenvalue weighted by Gasteiger charge is -2.36. The number of carbonyl (C=O) groups is 1. The second-order valence-corrected chi connectivity index (χ2v) is 8.78. The second-order valence-electron chi connectivity index (χ2n) is 8.78. The van der Waals surface area contributed by atoms with Crippen LogP contribution in [0, 0.1) is 5.92 Å². The van der Waals surface area contributed by atoms with Crippen LogP contribution in [0.4, 0.5) is 5.82 Å². The summed E-state index contributed by atoms with van der Waals surface area (Å²) in [6, 6.07) is 17.9. The van der Waals surface area contributed by atoms with E-state index in [0.717, 1.165) is 54.1 Å². The first-order chi connectivity index (χ1) is 17.1. The van der Waals surface area contributed by atoms with Crippen LogP contribution >= 0.6 is 0 Å². The lowest BCUT2D eigenvalue weighted by molar-refractivity contribution is -0.147. The van der Waals surface area contributed by atoms with Crippen molar-refractivity contribution in [1.82, 2.24) is 24.8 Å². The number of benzene rings is 2. The van der Waals surface area contributed by atoms with Gasteiger partial charge in [0.15, 0.2) is 0 Å². The number of para-hydroxylation sites is 1. The molecule has 1 aliphatic heterocycles. The predicted molar refractivity (Wildman–Crippen MR) is 132 cm³/mol. The van der Waals surface area contributed by atoms with E-state index in [0.29, 0.717) is 24.8 Å². The number of rotatable bonds is 10. The molecule has 0 amide bonds. The van der Waals surface area contributed by atoms with Gasteiger partial charge in [0.05, 0.1) is 17.8 Å². The van der Waals surface area contributed by atoms with Crippen molar-refractivity contribution >= 4 is 11.8 Å². The highest BCUT2D eigenvalue weighted by Crippen LogP contribution is 2.31. The predicted octanol–water partition coefficient (Wildman–Crippen LogP) is 4.32. The monoisotopic (exact) mass is 472 g/mol. The van der Waals surface area contributed by atoms with Crippen molar-refractivity contribution < 1.29 is 14.4 Å². The third-order valence-electron chi connectivity index (χ3n) is 6.17. The van der Waals surface area contributed by atoms with Crippen LogP contribution in [0.1, 0.15) is 25.3 Å². The van der Waals surface area contributed by atoms with E-state index in [-0.39, 0.29) is 5.92 Å². The van der Waals surface area contributed by atoms with Gasteiger partial charge in [0, 0.05) is 31.7 Å². The zero-order chi connectivity index (χ0) is 24.2. The summed E-state index contributed by atoms with van der Waals surface area (Å²) in [5.74, 6) is 0.769. The third kappa shape index (κ3) is 4.95. The standard InChI is InChI=1S/C26H28N6O3/c1-2-3-13-27-24-22(14-28-32(24)21-7-5-4-6-8-21)25-29-23(30-35-25)19-11-9-18(10-12-19)15-31-16-20(17-31)26(33)34/h4-12,14,20,27H,2-3,13,15-17H2,1H3,(H,33,34). The molecule has 2 N–H and O–H groups in total. The summed E-state index contributed by atoms with van der Waals surface area (Å²) in [6.45, 7) is 4.89. The minimum absolute atomic E-state index is 0.250. The van der Waals surface area contributed by atoms with Gasteiger partial charge in [0.2, 0.25) is 5.82 Å². The summed E-state index contributed by atoms with van der Waals surface area (Å²) < 4.78 is 7.49.